The van der Waals surface area contributed by atoms with Crippen molar-refractivity contribution in [3.8, 4) is 0 Å². The normalized spacial score (nSPS) is 10.3. The Morgan fingerprint density at radius 1 is 1.06 bits per heavy atom. The monoisotopic (exact) mass is 289 g/mol. The summed E-state index contributed by atoms with van der Waals surface area (Å²) >= 11 is 3.47. The van der Waals surface area contributed by atoms with Crippen molar-refractivity contribution in [3.05, 3.63) is 63.6 Å². The molecule has 0 saturated heterocycles. The molecule has 0 saturated carbocycles. The number of hydrogen-bond acceptors (Lipinski definition) is 1. The molecular weight excluding hydrogens is 274 g/mol. The average molecular weight is 290 g/mol. The molecule has 0 radical (unpaired) electrons. The molecule has 2 aromatic rings. The van der Waals surface area contributed by atoms with Gasteiger partial charge in [0.2, 0.25) is 0 Å². The molecule has 88 valence electrons. The first-order valence-corrected chi connectivity index (χ1v) is 6.50. The van der Waals surface area contributed by atoms with Crippen molar-refractivity contribution in [2.24, 2.45) is 0 Å². The predicted molar refractivity (Wildman–Crippen MR) is 77.4 cm³/mol. The third kappa shape index (κ3) is 3.34. The highest BCUT2D eigenvalue weighted by Crippen LogP contribution is 2.20. The fourth-order valence-electron chi connectivity index (χ4n) is 1.84. The number of rotatable bonds is 3. The number of nitrogens with one attached hydrogen (secondary N) is 1. The van der Waals surface area contributed by atoms with E-state index in [4.69, 9.17) is 0 Å². The Hall–Kier alpha value is -1.28. The molecule has 0 aromatic heterocycles. The molecule has 0 bridgehead atoms. The van der Waals surface area contributed by atoms with Crippen LogP contribution < -0.4 is 5.32 Å². The summed E-state index contributed by atoms with van der Waals surface area (Å²) in [4.78, 5) is 0. The van der Waals surface area contributed by atoms with Crippen molar-refractivity contribution in [1.29, 1.82) is 0 Å². The third-order valence-electron chi connectivity index (χ3n) is 2.75. The molecule has 0 heterocycles. The van der Waals surface area contributed by atoms with E-state index < -0.39 is 0 Å². The zero-order chi connectivity index (χ0) is 12.3. The Morgan fingerprint density at radius 3 is 2.59 bits per heavy atom. The van der Waals surface area contributed by atoms with Crippen LogP contribution in [0.2, 0.25) is 0 Å². The van der Waals surface area contributed by atoms with Gasteiger partial charge >= 0.3 is 0 Å². The topological polar surface area (TPSA) is 12.0 Å². The quantitative estimate of drug-likeness (QED) is 0.865. The van der Waals surface area contributed by atoms with Gasteiger partial charge in [0.25, 0.3) is 0 Å². The van der Waals surface area contributed by atoms with Crippen LogP contribution in [0.5, 0.6) is 0 Å². The van der Waals surface area contributed by atoms with Crippen LogP contribution in [0.15, 0.2) is 46.9 Å². The van der Waals surface area contributed by atoms with Gasteiger partial charge in [0, 0.05) is 16.7 Å². The fraction of sp³-hybridized carbons (Fsp3) is 0.200. The second kappa shape index (κ2) is 5.37. The van der Waals surface area contributed by atoms with Gasteiger partial charge in [-0.05, 0) is 43.2 Å². The standard InChI is InChI=1S/C15H16BrN/c1-11-4-3-5-13(8-11)10-17-15-7-6-14(16)9-12(15)2/h3-9,17H,10H2,1-2H3. The van der Waals surface area contributed by atoms with Crippen molar-refractivity contribution < 1.29 is 0 Å². The molecule has 2 aromatic carbocycles. The van der Waals surface area contributed by atoms with E-state index in [9.17, 15) is 0 Å². The first-order valence-electron chi connectivity index (χ1n) is 5.71. The maximum Gasteiger partial charge on any atom is 0.0400 e. The zero-order valence-corrected chi connectivity index (χ0v) is 11.7. The van der Waals surface area contributed by atoms with Gasteiger partial charge in [-0.1, -0.05) is 45.8 Å². The summed E-state index contributed by atoms with van der Waals surface area (Å²) < 4.78 is 1.12. The van der Waals surface area contributed by atoms with Crippen molar-refractivity contribution in [1.82, 2.24) is 0 Å². The molecule has 2 heteroatoms. The predicted octanol–water partition coefficient (Wildman–Crippen LogP) is 4.68. The van der Waals surface area contributed by atoms with E-state index >= 15 is 0 Å². The van der Waals surface area contributed by atoms with Crippen LogP contribution in [0.25, 0.3) is 0 Å². The lowest BCUT2D eigenvalue weighted by atomic mass is 10.1. The molecule has 1 nitrogen and oxygen atoms in total. The largest absolute Gasteiger partial charge is 0.381 e. The number of benzene rings is 2. The molecular formula is C15H16BrN. The van der Waals surface area contributed by atoms with Gasteiger partial charge in [-0.3, -0.25) is 0 Å². The molecule has 0 unspecified atom stereocenters. The zero-order valence-electron chi connectivity index (χ0n) is 10.1. The second-order valence-electron chi connectivity index (χ2n) is 4.30. The van der Waals surface area contributed by atoms with Crippen LogP contribution in [0.4, 0.5) is 5.69 Å². The van der Waals surface area contributed by atoms with Gasteiger partial charge < -0.3 is 5.32 Å². The first-order chi connectivity index (χ1) is 8.15. The molecule has 2 rings (SSSR count). The highest BCUT2D eigenvalue weighted by atomic mass is 79.9. The highest BCUT2D eigenvalue weighted by molar-refractivity contribution is 9.10. The molecule has 1 N–H and O–H groups in total. The van der Waals surface area contributed by atoms with Crippen LogP contribution in [0.1, 0.15) is 16.7 Å². The summed E-state index contributed by atoms with van der Waals surface area (Å²) in [6.07, 6.45) is 0. The third-order valence-corrected chi connectivity index (χ3v) is 3.25. The van der Waals surface area contributed by atoms with Gasteiger partial charge in [0.1, 0.15) is 0 Å². The lowest BCUT2D eigenvalue weighted by Gasteiger charge is -2.10. The van der Waals surface area contributed by atoms with Crippen LogP contribution in [0.3, 0.4) is 0 Å². The Balaban J connectivity index is 2.07. The SMILES string of the molecule is Cc1cccc(CNc2ccc(Br)cc2C)c1. The van der Waals surface area contributed by atoms with Crippen molar-refractivity contribution in [2.75, 3.05) is 5.32 Å². The summed E-state index contributed by atoms with van der Waals surface area (Å²) in [6.45, 7) is 5.10. The molecule has 0 atom stereocenters. The van der Waals surface area contributed by atoms with Crippen LogP contribution in [-0.4, -0.2) is 0 Å². The van der Waals surface area contributed by atoms with Crippen molar-refractivity contribution in [2.45, 2.75) is 20.4 Å². The van der Waals surface area contributed by atoms with E-state index in [1.165, 1.54) is 22.4 Å². The number of aryl methyl sites for hydroxylation is 2. The summed E-state index contributed by atoms with van der Waals surface area (Å²) in [5.41, 5.74) is 5.06. The van der Waals surface area contributed by atoms with E-state index in [0.29, 0.717) is 0 Å². The Labute approximate surface area is 111 Å². The minimum absolute atomic E-state index is 0.865. The van der Waals surface area contributed by atoms with Gasteiger partial charge in [-0.25, -0.2) is 0 Å². The minimum atomic E-state index is 0.865. The summed E-state index contributed by atoms with van der Waals surface area (Å²) in [7, 11) is 0. The Kier molecular flexibility index (Phi) is 3.85. The average Bonchev–Trinajstić information content (AvgIpc) is 2.28. The second-order valence-corrected chi connectivity index (χ2v) is 5.22. The minimum Gasteiger partial charge on any atom is -0.381 e. The molecule has 0 amide bonds. The van der Waals surface area contributed by atoms with E-state index in [2.05, 4.69) is 77.6 Å². The molecule has 17 heavy (non-hydrogen) atoms. The number of anilines is 1. The maximum absolute atomic E-state index is 3.47. The molecule has 0 aliphatic rings. The summed E-state index contributed by atoms with van der Waals surface area (Å²) in [6, 6.07) is 14.9. The lowest BCUT2D eigenvalue weighted by Crippen LogP contribution is -2.01. The summed E-state index contributed by atoms with van der Waals surface area (Å²) in [5.74, 6) is 0. The molecule has 0 spiro atoms. The van der Waals surface area contributed by atoms with Crippen molar-refractivity contribution in [3.63, 3.8) is 0 Å². The van der Waals surface area contributed by atoms with E-state index in [0.717, 1.165) is 11.0 Å². The van der Waals surface area contributed by atoms with Crippen LogP contribution in [-0.2, 0) is 6.54 Å². The van der Waals surface area contributed by atoms with Crippen LogP contribution >= 0.6 is 15.9 Å². The van der Waals surface area contributed by atoms with E-state index in [1.807, 2.05) is 0 Å². The molecule has 0 aliphatic heterocycles. The smallest absolute Gasteiger partial charge is 0.0400 e. The lowest BCUT2D eigenvalue weighted by molar-refractivity contribution is 1.13. The molecule has 0 fully saturated rings. The van der Waals surface area contributed by atoms with Crippen LogP contribution in [0, 0.1) is 13.8 Å². The van der Waals surface area contributed by atoms with Gasteiger partial charge in [0.15, 0.2) is 0 Å². The first kappa shape index (κ1) is 12.2. The fourth-order valence-corrected chi connectivity index (χ4v) is 2.32. The maximum atomic E-state index is 3.47. The number of hydrogen-bond donors (Lipinski definition) is 1. The Bertz CT molecular complexity index is 520. The van der Waals surface area contributed by atoms with E-state index in [1.54, 1.807) is 0 Å². The molecule has 0 aliphatic carbocycles. The number of halogens is 1. The van der Waals surface area contributed by atoms with Crippen molar-refractivity contribution >= 4 is 21.6 Å². The van der Waals surface area contributed by atoms with Gasteiger partial charge in [-0.2, -0.15) is 0 Å². The van der Waals surface area contributed by atoms with Gasteiger partial charge in [0.05, 0.1) is 0 Å². The highest BCUT2D eigenvalue weighted by Gasteiger charge is 1.99. The van der Waals surface area contributed by atoms with E-state index in [-0.39, 0.29) is 0 Å². The Morgan fingerprint density at radius 2 is 1.88 bits per heavy atom. The summed E-state index contributed by atoms with van der Waals surface area (Å²) in [5, 5.41) is 3.46. The van der Waals surface area contributed by atoms with Gasteiger partial charge in [-0.15, -0.1) is 0 Å².